The van der Waals surface area contributed by atoms with E-state index in [0.717, 1.165) is 5.56 Å². The lowest BCUT2D eigenvalue weighted by atomic mass is 10.1. The van der Waals surface area contributed by atoms with Crippen molar-refractivity contribution in [1.82, 2.24) is 10.1 Å². The molecule has 1 aromatic carbocycles. The summed E-state index contributed by atoms with van der Waals surface area (Å²) in [5.74, 6) is 2.04. The Morgan fingerprint density at radius 2 is 1.96 bits per heavy atom. The van der Waals surface area contributed by atoms with Gasteiger partial charge in [0, 0.05) is 17.8 Å². The Hall–Kier alpha value is -3.35. The van der Waals surface area contributed by atoms with Gasteiger partial charge in [-0.1, -0.05) is 11.2 Å². The fourth-order valence-electron chi connectivity index (χ4n) is 2.31. The molecule has 7 heteroatoms. The maximum absolute atomic E-state index is 12.0. The smallest absolute Gasteiger partial charge is 0.231 e. The SMILES string of the molecule is COc1ccc(-c2cc(CC(=O)Nc3ccccn3)no2)cc1OC. The van der Waals surface area contributed by atoms with Gasteiger partial charge in [0.2, 0.25) is 5.91 Å². The van der Waals surface area contributed by atoms with E-state index in [0.29, 0.717) is 28.8 Å². The third-order valence-electron chi connectivity index (χ3n) is 3.50. The van der Waals surface area contributed by atoms with Crippen molar-refractivity contribution in [2.45, 2.75) is 6.42 Å². The Morgan fingerprint density at radius 1 is 1.12 bits per heavy atom. The Kier molecular flexibility index (Phi) is 4.94. The molecule has 0 aliphatic carbocycles. The molecule has 25 heavy (non-hydrogen) atoms. The second-order valence-corrected chi connectivity index (χ2v) is 5.19. The van der Waals surface area contributed by atoms with E-state index in [-0.39, 0.29) is 12.3 Å². The van der Waals surface area contributed by atoms with Gasteiger partial charge in [0.15, 0.2) is 17.3 Å². The van der Waals surface area contributed by atoms with Crippen LogP contribution in [-0.4, -0.2) is 30.3 Å². The minimum absolute atomic E-state index is 0.0906. The summed E-state index contributed by atoms with van der Waals surface area (Å²) in [5.41, 5.74) is 1.31. The summed E-state index contributed by atoms with van der Waals surface area (Å²) in [6.07, 6.45) is 1.70. The van der Waals surface area contributed by atoms with E-state index in [2.05, 4.69) is 15.5 Å². The first-order valence-corrected chi connectivity index (χ1v) is 7.58. The molecule has 0 aliphatic rings. The number of benzene rings is 1. The number of ether oxygens (including phenoxy) is 2. The molecule has 0 fully saturated rings. The van der Waals surface area contributed by atoms with Crippen LogP contribution in [0.25, 0.3) is 11.3 Å². The molecule has 0 unspecified atom stereocenters. The molecule has 0 spiro atoms. The maximum Gasteiger partial charge on any atom is 0.231 e. The fourth-order valence-corrected chi connectivity index (χ4v) is 2.31. The number of nitrogens with one attached hydrogen (secondary N) is 1. The van der Waals surface area contributed by atoms with Crippen molar-refractivity contribution in [3.63, 3.8) is 0 Å². The fraction of sp³-hybridized carbons (Fsp3) is 0.167. The van der Waals surface area contributed by atoms with Gasteiger partial charge in [-0.2, -0.15) is 0 Å². The van der Waals surface area contributed by atoms with Crippen molar-refractivity contribution in [3.05, 3.63) is 54.4 Å². The second-order valence-electron chi connectivity index (χ2n) is 5.19. The number of amides is 1. The van der Waals surface area contributed by atoms with Crippen molar-refractivity contribution in [2.24, 2.45) is 0 Å². The minimum Gasteiger partial charge on any atom is -0.493 e. The number of nitrogens with zero attached hydrogens (tertiary/aromatic N) is 2. The summed E-state index contributed by atoms with van der Waals surface area (Å²) < 4.78 is 15.8. The van der Waals surface area contributed by atoms with Crippen LogP contribution in [0.2, 0.25) is 0 Å². The normalized spacial score (nSPS) is 10.3. The van der Waals surface area contributed by atoms with Crippen molar-refractivity contribution in [1.29, 1.82) is 0 Å². The maximum atomic E-state index is 12.0. The van der Waals surface area contributed by atoms with Crippen LogP contribution in [0.4, 0.5) is 5.82 Å². The summed E-state index contributed by atoms with van der Waals surface area (Å²) in [6, 6.07) is 12.4. The van der Waals surface area contributed by atoms with Crippen LogP contribution in [0.5, 0.6) is 11.5 Å². The number of carbonyl (C=O) groups excluding carboxylic acids is 1. The number of pyridine rings is 1. The van der Waals surface area contributed by atoms with E-state index < -0.39 is 0 Å². The van der Waals surface area contributed by atoms with Crippen molar-refractivity contribution >= 4 is 11.7 Å². The van der Waals surface area contributed by atoms with Crippen LogP contribution in [0.15, 0.2) is 53.2 Å². The number of carbonyl (C=O) groups is 1. The Bertz CT molecular complexity index is 862. The summed E-state index contributed by atoms with van der Waals surface area (Å²) in [5, 5.41) is 6.65. The molecular weight excluding hydrogens is 322 g/mol. The van der Waals surface area contributed by atoms with Crippen LogP contribution in [0.1, 0.15) is 5.69 Å². The van der Waals surface area contributed by atoms with Crippen LogP contribution < -0.4 is 14.8 Å². The highest BCUT2D eigenvalue weighted by Crippen LogP contribution is 2.32. The first kappa shape index (κ1) is 16.5. The zero-order valence-electron chi connectivity index (χ0n) is 13.9. The molecule has 2 heterocycles. The van der Waals surface area contributed by atoms with Crippen LogP contribution in [0.3, 0.4) is 0 Å². The monoisotopic (exact) mass is 339 g/mol. The standard InChI is InChI=1S/C18H17N3O4/c1-23-14-7-6-12(9-16(14)24-2)15-10-13(21-25-15)11-18(22)20-17-5-3-4-8-19-17/h3-10H,11H2,1-2H3,(H,19,20,22). The average Bonchev–Trinajstić information content (AvgIpc) is 3.10. The van der Waals surface area contributed by atoms with Crippen LogP contribution in [0, 0.1) is 0 Å². The number of hydrogen-bond acceptors (Lipinski definition) is 6. The Morgan fingerprint density at radius 3 is 2.68 bits per heavy atom. The third kappa shape index (κ3) is 3.95. The van der Waals surface area contributed by atoms with E-state index in [9.17, 15) is 4.79 Å². The van der Waals surface area contributed by atoms with Crippen LogP contribution >= 0.6 is 0 Å². The van der Waals surface area contributed by atoms with Crippen molar-refractivity contribution < 1.29 is 18.8 Å². The van der Waals surface area contributed by atoms with Gasteiger partial charge in [-0.15, -0.1) is 0 Å². The largest absolute Gasteiger partial charge is 0.493 e. The van der Waals surface area contributed by atoms with E-state index in [1.807, 2.05) is 6.07 Å². The number of hydrogen-bond donors (Lipinski definition) is 1. The summed E-state index contributed by atoms with van der Waals surface area (Å²) in [7, 11) is 3.14. The lowest BCUT2D eigenvalue weighted by molar-refractivity contribution is -0.115. The highest BCUT2D eigenvalue weighted by Gasteiger charge is 2.13. The quantitative estimate of drug-likeness (QED) is 0.743. The van der Waals surface area contributed by atoms with Gasteiger partial charge in [-0.25, -0.2) is 4.98 Å². The highest BCUT2D eigenvalue weighted by atomic mass is 16.5. The van der Waals surface area contributed by atoms with Gasteiger partial charge >= 0.3 is 0 Å². The molecule has 2 aromatic heterocycles. The lowest BCUT2D eigenvalue weighted by Gasteiger charge is -2.07. The van der Waals surface area contributed by atoms with Crippen molar-refractivity contribution in [3.8, 4) is 22.8 Å². The van der Waals surface area contributed by atoms with E-state index in [1.54, 1.807) is 56.8 Å². The molecule has 0 atom stereocenters. The first-order chi connectivity index (χ1) is 12.2. The number of rotatable bonds is 6. The molecule has 0 bridgehead atoms. The predicted octanol–water partition coefficient (Wildman–Crippen LogP) is 2.94. The number of anilines is 1. The van der Waals surface area contributed by atoms with Gasteiger partial charge in [-0.05, 0) is 30.3 Å². The summed E-state index contributed by atoms with van der Waals surface area (Å²) in [4.78, 5) is 16.1. The molecule has 1 N–H and O–H groups in total. The molecule has 1 amide bonds. The third-order valence-corrected chi connectivity index (χ3v) is 3.50. The van der Waals surface area contributed by atoms with Crippen LogP contribution in [-0.2, 0) is 11.2 Å². The minimum atomic E-state index is -0.217. The second kappa shape index (κ2) is 7.48. The van der Waals surface area contributed by atoms with Gasteiger partial charge in [0.05, 0.1) is 26.3 Å². The Balaban J connectivity index is 1.71. The Labute approximate surface area is 144 Å². The molecule has 0 aliphatic heterocycles. The number of aromatic nitrogens is 2. The highest BCUT2D eigenvalue weighted by molar-refractivity contribution is 5.91. The number of methoxy groups -OCH3 is 2. The summed E-state index contributed by atoms with van der Waals surface area (Å²) in [6.45, 7) is 0. The van der Waals surface area contributed by atoms with E-state index in [4.69, 9.17) is 14.0 Å². The van der Waals surface area contributed by atoms with Gasteiger partial charge in [0.25, 0.3) is 0 Å². The first-order valence-electron chi connectivity index (χ1n) is 7.58. The zero-order chi connectivity index (χ0) is 17.6. The van der Waals surface area contributed by atoms with E-state index >= 15 is 0 Å². The lowest BCUT2D eigenvalue weighted by Crippen LogP contribution is -2.15. The molecular formula is C18H17N3O4. The van der Waals surface area contributed by atoms with Gasteiger partial charge < -0.3 is 19.3 Å². The van der Waals surface area contributed by atoms with Crippen molar-refractivity contribution in [2.75, 3.05) is 19.5 Å². The predicted molar refractivity (Wildman–Crippen MR) is 91.6 cm³/mol. The van der Waals surface area contributed by atoms with E-state index in [1.165, 1.54) is 0 Å². The molecule has 0 radical (unpaired) electrons. The summed E-state index contributed by atoms with van der Waals surface area (Å²) >= 11 is 0. The molecule has 0 saturated heterocycles. The molecule has 128 valence electrons. The average molecular weight is 339 g/mol. The molecule has 7 nitrogen and oxygen atoms in total. The molecule has 0 saturated carbocycles. The zero-order valence-corrected chi connectivity index (χ0v) is 13.9. The molecule has 3 rings (SSSR count). The topological polar surface area (TPSA) is 86.5 Å². The van der Waals surface area contributed by atoms with Gasteiger partial charge in [-0.3, -0.25) is 4.79 Å². The van der Waals surface area contributed by atoms with Gasteiger partial charge in [0.1, 0.15) is 5.82 Å². The molecule has 3 aromatic rings.